The minimum atomic E-state index is 0.356. The zero-order valence-electron chi connectivity index (χ0n) is 11.5. The van der Waals surface area contributed by atoms with Crippen molar-refractivity contribution in [1.82, 2.24) is 0 Å². The molecule has 0 N–H and O–H groups in total. The van der Waals surface area contributed by atoms with Crippen molar-refractivity contribution in [2.45, 2.75) is 46.0 Å². The highest BCUT2D eigenvalue weighted by Crippen LogP contribution is 2.38. The van der Waals surface area contributed by atoms with E-state index in [2.05, 4.69) is 48.0 Å². The van der Waals surface area contributed by atoms with E-state index in [-0.39, 0.29) is 0 Å². The van der Waals surface area contributed by atoms with Gasteiger partial charge in [-0.2, -0.15) is 0 Å². The molecule has 0 bridgehead atoms. The van der Waals surface area contributed by atoms with Gasteiger partial charge in [0.05, 0.1) is 6.61 Å². The number of hydrogen-bond donors (Lipinski definition) is 0. The van der Waals surface area contributed by atoms with Crippen molar-refractivity contribution >= 4 is 15.9 Å². The largest absolute Gasteiger partial charge is 0.493 e. The second-order valence-corrected chi connectivity index (χ2v) is 6.31. The smallest absolute Gasteiger partial charge is 0.122 e. The average Bonchev–Trinajstić information content (AvgIpc) is 2.41. The molecular weight excluding hydrogens is 288 g/mol. The van der Waals surface area contributed by atoms with E-state index in [0.29, 0.717) is 5.41 Å². The molecule has 0 radical (unpaired) electrons. The van der Waals surface area contributed by atoms with E-state index < -0.39 is 0 Å². The standard InChI is InChI=1S/C16H23BrO/c1-13-6-7-14(2)15(10-13)18-12-16(11-17)8-4-3-5-9-16/h6-7,10H,3-5,8-9,11-12H2,1-2H3. The fourth-order valence-corrected chi connectivity index (χ4v) is 3.43. The van der Waals surface area contributed by atoms with Crippen LogP contribution in [0.25, 0.3) is 0 Å². The topological polar surface area (TPSA) is 9.23 Å². The van der Waals surface area contributed by atoms with Crippen LogP contribution in [-0.2, 0) is 0 Å². The van der Waals surface area contributed by atoms with Gasteiger partial charge in [-0.1, -0.05) is 47.3 Å². The third kappa shape index (κ3) is 3.28. The number of halogens is 1. The van der Waals surface area contributed by atoms with Crippen LogP contribution >= 0.6 is 15.9 Å². The van der Waals surface area contributed by atoms with Crippen LogP contribution in [0, 0.1) is 19.3 Å². The van der Waals surface area contributed by atoms with E-state index in [1.807, 2.05) is 0 Å². The van der Waals surface area contributed by atoms with Gasteiger partial charge in [0.25, 0.3) is 0 Å². The second-order valence-electron chi connectivity index (χ2n) is 5.75. The Kier molecular flexibility index (Phi) is 4.71. The number of benzene rings is 1. The van der Waals surface area contributed by atoms with Gasteiger partial charge in [0.2, 0.25) is 0 Å². The van der Waals surface area contributed by atoms with Crippen molar-refractivity contribution in [3.8, 4) is 5.75 Å². The highest BCUT2D eigenvalue weighted by molar-refractivity contribution is 9.09. The maximum absolute atomic E-state index is 6.12. The quantitative estimate of drug-likeness (QED) is 0.709. The van der Waals surface area contributed by atoms with Crippen LogP contribution in [-0.4, -0.2) is 11.9 Å². The molecule has 18 heavy (non-hydrogen) atoms. The average molecular weight is 311 g/mol. The molecule has 1 fully saturated rings. The number of aryl methyl sites for hydroxylation is 2. The summed E-state index contributed by atoms with van der Waals surface area (Å²) in [5.41, 5.74) is 2.86. The van der Waals surface area contributed by atoms with E-state index in [1.54, 1.807) is 0 Å². The van der Waals surface area contributed by atoms with Gasteiger partial charge in [0, 0.05) is 10.7 Å². The molecular formula is C16H23BrO. The Labute approximate surface area is 119 Å². The predicted molar refractivity (Wildman–Crippen MR) is 80.7 cm³/mol. The highest BCUT2D eigenvalue weighted by atomic mass is 79.9. The predicted octanol–water partition coefficient (Wildman–Crippen LogP) is 5.03. The van der Waals surface area contributed by atoms with Gasteiger partial charge in [-0.3, -0.25) is 0 Å². The number of ether oxygens (including phenoxy) is 1. The van der Waals surface area contributed by atoms with Gasteiger partial charge < -0.3 is 4.74 Å². The first kappa shape index (κ1) is 13.9. The fourth-order valence-electron chi connectivity index (χ4n) is 2.71. The summed E-state index contributed by atoms with van der Waals surface area (Å²) in [5, 5.41) is 1.06. The lowest BCUT2D eigenvalue weighted by molar-refractivity contribution is 0.121. The maximum Gasteiger partial charge on any atom is 0.122 e. The number of hydrogen-bond acceptors (Lipinski definition) is 1. The Morgan fingerprint density at radius 1 is 1.17 bits per heavy atom. The summed E-state index contributed by atoms with van der Waals surface area (Å²) in [5.74, 6) is 1.06. The van der Waals surface area contributed by atoms with E-state index >= 15 is 0 Å². The van der Waals surface area contributed by atoms with E-state index in [4.69, 9.17) is 4.74 Å². The summed E-state index contributed by atoms with van der Waals surface area (Å²) in [7, 11) is 0. The van der Waals surface area contributed by atoms with Crippen LogP contribution in [0.5, 0.6) is 5.75 Å². The Morgan fingerprint density at radius 3 is 2.56 bits per heavy atom. The van der Waals surface area contributed by atoms with E-state index in [0.717, 1.165) is 17.7 Å². The number of alkyl halides is 1. The molecule has 2 rings (SSSR count). The summed E-state index contributed by atoms with van der Waals surface area (Å²) in [4.78, 5) is 0. The summed E-state index contributed by atoms with van der Waals surface area (Å²) < 4.78 is 6.12. The molecule has 0 atom stereocenters. The molecule has 0 amide bonds. The van der Waals surface area contributed by atoms with Crippen LogP contribution in [0.2, 0.25) is 0 Å². The first-order chi connectivity index (χ1) is 8.65. The van der Waals surface area contributed by atoms with Crippen LogP contribution in [0.15, 0.2) is 18.2 Å². The normalized spacial score (nSPS) is 18.6. The third-order valence-electron chi connectivity index (χ3n) is 4.08. The van der Waals surface area contributed by atoms with Crippen molar-refractivity contribution in [3.63, 3.8) is 0 Å². The van der Waals surface area contributed by atoms with Gasteiger partial charge in [-0.05, 0) is 43.9 Å². The Morgan fingerprint density at radius 2 is 1.89 bits per heavy atom. The molecule has 0 aromatic heterocycles. The van der Waals surface area contributed by atoms with Crippen molar-refractivity contribution in [3.05, 3.63) is 29.3 Å². The molecule has 0 unspecified atom stereocenters. The SMILES string of the molecule is Cc1ccc(C)c(OCC2(CBr)CCCCC2)c1. The first-order valence-corrected chi connectivity index (χ1v) is 8.03. The minimum Gasteiger partial charge on any atom is -0.493 e. The zero-order valence-corrected chi connectivity index (χ0v) is 13.1. The second kappa shape index (κ2) is 6.10. The molecule has 1 aromatic carbocycles. The lowest BCUT2D eigenvalue weighted by Crippen LogP contribution is -2.32. The van der Waals surface area contributed by atoms with Crippen molar-refractivity contribution in [2.75, 3.05) is 11.9 Å². The molecule has 1 aliphatic rings. The maximum atomic E-state index is 6.12. The van der Waals surface area contributed by atoms with Crippen LogP contribution < -0.4 is 4.74 Å². The molecule has 0 spiro atoms. The van der Waals surface area contributed by atoms with Gasteiger partial charge >= 0.3 is 0 Å². The molecule has 2 heteroatoms. The Balaban J connectivity index is 2.03. The molecule has 1 aliphatic carbocycles. The molecule has 0 aliphatic heterocycles. The summed E-state index contributed by atoms with van der Waals surface area (Å²) in [6, 6.07) is 6.44. The summed E-state index contributed by atoms with van der Waals surface area (Å²) in [6.07, 6.45) is 6.67. The lowest BCUT2D eigenvalue weighted by atomic mass is 9.76. The van der Waals surface area contributed by atoms with Crippen LogP contribution in [0.1, 0.15) is 43.2 Å². The molecule has 1 saturated carbocycles. The minimum absolute atomic E-state index is 0.356. The molecule has 0 saturated heterocycles. The van der Waals surface area contributed by atoms with Crippen molar-refractivity contribution < 1.29 is 4.74 Å². The van der Waals surface area contributed by atoms with Crippen LogP contribution in [0.3, 0.4) is 0 Å². The molecule has 1 nitrogen and oxygen atoms in total. The van der Waals surface area contributed by atoms with Crippen LogP contribution in [0.4, 0.5) is 0 Å². The van der Waals surface area contributed by atoms with Crippen molar-refractivity contribution in [1.29, 1.82) is 0 Å². The van der Waals surface area contributed by atoms with Gasteiger partial charge in [0.15, 0.2) is 0 Å². The van der Waals surface area contributed by atoms with E-state index in [9.17, 15) is 0 Å². The summed E-state index contributed by atoms with van der Waals surface area (Å²) >= 11 is 3.69. The van der Waals surface area contributed by atoms with Gasteiger partial charge in [-0.15, -0.1) is 0 Å². The number of rotatable bonds is 4. The van der Waals surface area contributed by atoms with Gasteiger partial charge in [0.1, 0.15) is 5.75 Å². The highest BCUT2D eigenvalue weighted by Gasteiger charge is 2.31. The van der Waals surface area contributed by atoms with Crippen molar-refractivity contribution in [2.24, 2.45) is 5.41 Å². The summed E-state index contributed by atoms with van der Waals surface area (Å²) in [6.45, 7) is 5.09. The molecule has 100 valence electrons. The van der Waals surface area contributed by atoms with E-state index in [1.165, 1.54) is 43.2 Å². The molecule has 0 heterocycles. The first-order valence-electron chi connectivity index (χ1n) is 6.91. The monoisotopic (exact) mass is 310 g/mol. The Hall–Kier alpha value is -0.500. The van der Waals surface area contributed by atoms with Gasteiger partial charge in [-0.25, -0.2) is 0 Å². The fraction of sp³-hybridized carbons (Fsp3) is 0.625. The third-order valence-corrected chi connectivity index (χ3v) is 5.26. The Bertz CT molecular complexity index is 394. The lowest BCUT2D eigenvalue weighted by Gasteiger charge is -2.35. The molecule has 1 aromatic rings. The zero-order chi connectivity index (χ0) is 13.0.